The number of hydrogen-bond acceptors (Lipinski definition) is 3. The summed E-state index contributed by atoms with van der Waals surface area (Å²) in [4.78, 5) is 16.2. The van der Waals surface area contributed by atoms with Crippen LogP contribution in [0.4, 0.5) is 14.6 Å². The maximum absolute atomic E-state index is 12.1. The van der Waals surface area contributed by atoms with Crippen molar-refractivity contribution in [2.24, 2.45) is 0 Å². The molecule has 4 nitrogen and oxygen atoms in total. The highest BCUT2D eigenvalue weighted by Gasteiger charge is 2.11. The predicted octanol–water partition coefficient (Wildman–Crippen LogP) is 2.85. The maximum atomic E-state index is 12.1. The third kappa shape index (κ3) is 5.50. The number of nitrogens with one attached hydrogen (secondary N) is 2. The Balaban J connectivity index is 2.86. The Kier molecular flexibility index (Phi) is 6.90. The van der Waals surface area contributed by atoms with Gasteiger partial charge in [0.2, 0.25) is 0 Å². The van der Waals surface area contributed by atoms with Gasteiger partial charge < -0.3 is 10.6 Å². The molecule has 112 valence electrons. The maximum Gasteiger partial charge on any atom is 0.255 e. The average molecular weight is 285 g/mol. The first-order valence-electron chi connectivity index (χ1n) is 6.88. The average Bonchev–Trinajstić information content (AvgIpc) is 2.42. The van der Waals surface area contributed by atoms with Gasteiger partial charge in [0, 0.05) is 17.8 Å². The molecule has 0 atom stereocenters. The molecule has 0 aromatic carbocycles. The van der Waals surface area contributed by atoms with Crippen molar-refractivity contribution in [3.05, 3.63) is 23.4 Å². The molecular formula is C14H21F2N3O. The molecule has 1 amide bonds. The summed E-state index contributed by atoms with van der Waals surface area (Å²) in [6, 6.07) is 3.25. The van der Waals surface area contributed by atoms with Crippen LogP contribution < -0.4 is 10.6 Å². The Morgan fingerprint density at radius 1 is 1.30 bits per heavy atom. The van der Waals surface area contributed by atoms with Gasteiger partial charge in [0.05, 0.1) is 6.54 Å². The molecule has 1 rings (SSSR count). The van der Waals surface area contributed by atoms with Gasteiger partial charge in [-0.1, -0.05) is 20.3 Å². The van der Waals surface area contributed by atoms with Gasteiger partial charge in [-0.15, -0.1) is 0 Å². The predicted molar refractivity (Wildman–Crippen MR) is 75.3 cm³/mol. The molecule has 0 aliphatic rings. The van der Waals surface area contributed by atoms with E-state index >= 15 is 0 Å². The van der Waals surface area contributed by atoms with E-state index < -0.39 is 18.9 Å². The Morgan fingerprint density at radius 3 is 2.65 bits per heavy atom. The molecule has 0 fully saturated rings. The standard InChI is InChI=1S/C14H21F2N3O/c1-3-5-11-7-10(14(20)18-9-12(15)16)8-13(19-11)17-6-4-2/h7-8,12H,3-6,9H2,1-2H3,(H,17,19)(H,18,20). The minimum Gasteiger partial charge on any atom is -0.370 e. The van der Waals surface area contributed by atoms with Crippen LogP contribution >= 0.6 is 0 Å². The highest BCUT2D eigenvalue weighted by molar-refractivity contribution is 5.95. The SMILES string of the molecule is CCCNc1cc(C(=O)NCC(F)F)cc(CCC)n1. The molecule has 6 heteroatoms. The second-order valence-corrected chi connectivity index (χ2v) is 4.51. The van der Waals surface area contributed by atoms with Crippen LogP contribution in [0.2, 0.25) is 0 Å². The first-order chi connectivity index (χ1) is 9.56. The molecule has 2 N–H and O–H groups in total. The van der Waals surface area contributed by atoms with Gasteiger partial charge in [0.1, 0.15) is 5.82 Å². The Bertz CT molecular complexity index is 438. The summed E-state index contributed by atoms with van der Waals surface area (Å²) >= 11 is 0. The van der Waals surface area contributed by atoms with E-state index in [-0.39, 0.29) is 0 Å². The monoisotopic (exact) mass is 285 g/mol. The highest BCUT2D eigenvalue weighted by atomic mass is 19.3. The van der Waals surface area contributed by atoms with E-state index in [1.54, 1.807) is 12.1 Å². The van der Waals surface area contributed by atoms with Crippen molar-refractivity contribution in [2.45, 2.75) is 39.5 Å². The minimum atomic E-state index is -2.55. The summed E-state index contributed by atoms with van der Waals surface area (Å²) in [6.07, 6.45) is 0.0414. The molecule has 0 bridgehead atoms. The van der Waals surface area contributed by atoms with Crippen LogP contribution in [0.25, 0.3) is 0 Å². The molecule has 1 aromatic heterocycles. The van der Waals surface area contributed by atoms with Crippen molar-refractivity contribution < 1.29 is 13.6 Å². The Morgan fingerprint density at radius 2 is 2.05 bits per heavy atom. The van der Waals surface area contributed by atoms with Crippen LogP contribution in [0.3, 0.4) is 0 Å². The summed E-state index contributed by atoms with van der Waals surface area (Å²) < 4.78 is 24.2. The van der Waals surface area contributed by atoms with E-state index in [1.165, 1.54) is 0 Å². The normalized spacial score (nSPS) is 10.7. The smallest absolute Gasteiger partial charge is 0.255 e. The van der Waals surface area contributed by atoms with Crippen molar-refractivity contribution in [1.29, 1.82) is 0 Å². The van der Waals surface area contributed by atoms with E-state index in [1.807, 2.05) is 13.8 Å². The lowest BCUT2D eigenvalue weighted by Gasteiger charge is -2.10. The molecule has 20 heavy (non-hydrogen) atoms. The fourth-order valence-electron chi connectivity index (χ4n) is 1.72. The lowest BCUT2D eigenvalue weighted by molar-refractivity contribution is 0.0891. The quantitative estimate of drug-likeness (QED) is 0.772. The topological polar surface area (TPSA) is 54.0 Å². The van der Waals surface area contributed by atoms with Crippen molar-refractivity contribution in [2.75, 3.05) is 18.4 Å². The van der Waals surface area contributed by atoms with Crippen molar-refractivity contribution in [1.82, 2.24) is 10.3 Å². The van der Waals surface area contributed by atoms with Gasteiger partial charge in [-0.05, 0) is 25.0 Å². The Hall–Kier alpha value is -1.72. The summed E-state index contributed by atoms with van der Waals surface area (Å²) in [6.45, 7) is 4.16. The first-order valence-corrected chi connectivity index (χ1v) is 6.88. The molecule has 0 saturated carbocycles. The number of rotatable bonds is 8. The highest BCUT2D eigenvalue weighted by Crippen LogP contribution is 2.12. The lowest BCUT2D eigenvalue weighted by Crippen LogP contribution is -2.28. The van der Waals surface area contributed by atoms with Gasteiger partial charge >= 0.3 is 0 Å². The number of hydrogen-bond donors (Lipinski definition) is 2. The number of anilines is 1. The minimum absolute atomic E-state index is 0.364. The number of amides is 1. The van der Waals surface area contributed by atoms with Crippen molar-refractivity contribution in [3.8, 4) is 0 Å². The molecule has 0 unspecified atom stereocenters. The van der Waals surface area contributed by atoms with Gasteiger partial charge in [0.15, 0.2) is 0 Å². The van der Waals surface area contributed by atoms with Crippen LogP contribution in [-0.2, 0) is 6.42 Å². The Labute approximate surface area is 118 Å². The lowest BCUT2D eigenvalue weighted by atomic mass is 10.1. The molecule has 0 aliphatic carbocycles. The van der Waals surface area contributed by atoms with Crippen molar-refractivity contribution in [3.63, 3.8) is 0 Å². The van der Waals surface area contributed by atoms with Crippen molar-refractivity contribution >= 4 is 11.7 Å². The van der Waals surface area contributed by atoms with E-state index in [2.05, 4.69) is 15.6 Å². The van der Waals surface area contributed by atoms with E-state index in [0.29, 0.717) is 11.4 Å². The molecule has 0 aliphatic heterocycles. The van der Waals surface area contributed by atoms with Gasteiger partial charge in [-0.25, -0.2) is 13.8 Å². The number of halogens is 2. The molecular weight excluding hydrogens is 264 g/mol. The summed E-state index contributed by atoms with van der Waals surface area (Å²) in [5.74, 6) is 0.115. The largest absolute Gasteiger partial charge is 0.370 e. The van der Waals surface area contributed by atoms with Crippen LogP contribution in [0.5, 0.6) is 0 Å². The number of alkyl halides is 2. The third-order valence-electron chi connectivity index (χ3n) is 2.62. The number of pyridine rings is 1. The van der Waals surface area contributed by atoms with Gasteiger partial charge in [-0.2, -0.15) is 0 Å². The number of aromatic nitrogens is 1. The second kappa shape index (κ2) is 8.45. The third-order valence-corrected chi connectivity index (χ3v) is 2.62. The summed E-state index contributed by atoms with van der Waals surface area (Å²) in [5.41, 5.74) is 1.15. The fourth-order valence-corrected chi connectivity index (χ4v) is 1.72. The molecule has 0 radical (unpaired) electrons. The second-order valence-electron chi connectivity index (χ2n) is 4.51. The van der Waals surface area contributed by atoms with Gasteiger partial charge in [0.25, 0.3) is 12.3 Å². The van der Waals surface area contributed by atoms with Crippen LogP contribution in [0.1, 0.15) is 42.7 Å². The van der Waals surface area contributed by atoms with E-state index in [0.717, 1.165) is 31.5 Å². The fraction of sp³-hybridized carbons (Fsp3) is 0.571. The zero-order valence-corrected chi connectivity index (χ0v) is 11.9. The number of nitrogens with zero attached hydrogens (tertiary/aromatic N) is 1. The van der Waals surface area contributed by atoms with Crippen LogP contribution in [-0.4, -0.2) is 30.4 Å². The molecule has 0 saturated heterocycles. The molecule has 0 spiro atoms. The zero-order valence-electron chi connectivity index (χ0n) is 11.9. The number of aryl methyl sites for hydroxylation is 1. The van der Waals surface area contributed by atoms with Gasteiger partial charge in [-0.3, -0.25) is 4.79 Å². The molecule has 1 heterocycles. The van der Waals surface area contributed by atoms with E-state index in [9.17, 15) is 13.6 Å². The van der Waals surface area contributed by atoms with Crippen LogP contribution in [0.15, 0.2) is 12.1 Å². The first kappa shape index (κ1) is 16.3. The summed E-state index contributed by atoms with van der Waals surface area (Å²) in [5, 5.41) is 5.32. The van der Waals surface area contributed by atoms with E-state index in [4.69, 9.17) is 0 Å². The number of carbonyl (C=O) groups excluding carboxylic acids is 1. The van der Waals surface area contributed by atoms with Crippen LogP contribution in [0, 0.1) is 0 Å². The zero-order chi connectivity index (χ0) is 15.0. The summed E-state index contributed by atoms with van der Waals surface area (Å²) in [7, 11) is 0. The number of carbonyl (C=O) groups is 1. The molecule has 1 aromatic rings.